The Hall–Kier alpha value is -1.10. The molecule has 0 aliphatic heterocycles. The predicted octanol–water partition coefficient (Wildman–Crippen LogP) is -1.31. The first-order valence-corrected chi connectivity index (χ1v) is 2.60. The summed E-state index contributed by atoms with van der Waals surface area (Å²) in [4.78, 5) is 19.2. The number of ether oxygens (including phenoxy) is 2. The zero-order valence-electron chi connectivity index (χ0n) is 5.23. The highest BCUT2D eigenvalue weighted by Gasteiger charge is 2.06. The van der Waals surface area contributed by atoms with Crippen molar-refractivity contribution in [3.63, 3.8) is 0 Å². The smallest absolute Gasteiger partial charge is 0.293 e. The third-order valence-electron chi connectivity index (χ3n) is 0.802. The third kappa shape index (κ3) is 3.85. The van der Waals surface area contributed by atoms with E-state index >= 15 is 0 Å². The van der Waals surface area contributed by atoms with Crippen molar-refractivity contribution in [1.29, 1.82) is 0 Å². The molecule has 0 saturated heterocycles. The Bertz CT molecular complexity index is 102. The van der Waals surface area contributed by atoms with Gasteiger partial charge in [0.25, 0.3) is 12.9 Å². The van der Waals surface area contributed by atoms with Crippen LogP contribution < -0.4 is 0 Å². The quantitative estimate of drug-likeness (QED) is 0.473. The van der Waals surface area contributed by atoms with Gasteiger partial charge in [0.15, 0.2) is 6.10 Å². The summed E-state index contributed by atoms with van der Waals surface area (Å²) in [6.45, 7) is -0.0583. The molecule has 0 aliphatic rings. The van der Waals surface area contributed by atoms with Crippen molar-refractivity contribution in [2.24, 2.45) is 0 Å². The molecule has 0 radical (unpaired) electrons. The molecule has 0 bridgehead atoms. The van der Waals surface area contributed by atoms with Crippen molar-refractivity contribution in [2.75, 3.05) is 13.2 Å². The normalized spacial score (nSPS) is 11.7. The maximum Gasteiger partial charge on any atom is 0.293 e. The fraction of sp³-hybridized carbons (Fsp3) is 0.600. The first kappa shape index (κ1) is 8.90. The van der Waals surface area contributed by atoms with Gasteiger partial charge in [-0.15, -0.1) is 0 Å². The van der Waals surface area contributed by atoms with Crippen LogP contribution in [0, 0.1) is 0 Å². The molecule has 1 N–H and O–H groups in total. The van der Waals surface area contributed by atoms with Crippen LogP contribution in [0.15, 0.2) is 0 Å². The van der Waals surface area contributed by atoms with E-state index in [1.54, 1.807) is 0 Å². The van der Waals surface area contributed by atoms with Gasteiger partial charge >= 0.3 is 0 Å². The molecule has 0 fully saturated rings. The lowest BCUT2D eigenvalue weighted by Gasteiger charge is -2.09. The van der Waals surface area contributed by atoms with Gasteiger partial charge < -0.3 is 14.6 Å². The highest BCUT2D eigenvalue weighted by atomic mass is 16.6. The van der Waals surface area contributed by atoms with Gasteiger partial charge in [-0.25, -0.2) is 0 Å². The average Bonchev–Trinajstić information content (AvgIpc) is 1.98. The van der Waals surface area contributed by atoms with Crippen LogP contribution in [0.3, 0.4) is 0 Å². The maximum absolute atomic E-state index is 9.66. The first-order valence-electron chi connectivity index (χ1n) is 2.60. The number of aliphatic hydroxyl groups excluding tert-OH is 1. The summed E-state index contributed by atoms with van der Waals surface area (Å²) in [6, 6.07) is 0. The first-order chi connectivity index (χ1) is 4.85. The standard InChI is InChI=1S/C5H8O5/c6-1-5(10-4-8)2-9-3-7/h3-6H,1-2H2/t5-/m0/s1. The van der Waals surface area contributed by atoms with Gasteiger partial charge in [-0.2, -0.15) is 0 Å². The van der Waals surface area contributed by atoms with Crippen LogP contribution in [0.4, 0.5) is 0 Å². The average molecular weight is 148 g/mol. The van der Waals surface area contributed by atoms with E-state index in [2.05, 4.69) is 9.47 Å². The number of hydrogen-bond acceptors (Lipinski definition) is 5. The Labute approximate surface area is 57.5 Å². The fourth-order valence-electron chi connectivity index (χ4n) is 0.360. The summed E-state index contributed by atoms with van der Waals surface area (Å²) in [6.07, 6.45) is -0.748. The van der Waals surface area contributed by atoms with E-state index in [1.165, 1.54) is 0 Å². The van der Waals surface area contributed by atoms with Gasteiger partial charge in [0.1, 0.15) is 6.61 Å². The number of carbonyl (C=O) groups is 2. The summed E-state index contributed by atoms with van der Waals surface area (Å²) in [5.41, 5.74) is 0. The lowest BCUT2D eigenvalue weighted by Crippen LogP contribution is -2.23. The van der Waals surface area contributed by atoms with Crippen LogP contribution >= 0.6 is 0 Å². The molecule has 0 spiro atoms. The Morgan fingerprint density at radius 2 is 2.10 bits per heavy atom. The minimum Gasteiger partial charge on any atom is -0.464 e. The molecular formula is C5H8O5. The van der Waals surface area contributed by atoms with Crippen molar-refractivity contribution < 1.29 is 24.2 Å². The fourth-order valence-corrected chi connectivity index (χ4v) is 0.360. The third-order valence-corrected chi connectivity index (χ3v) is 0.802. The molecule has 0 aromatic heterocycles. The molecule has 0 saturated carbocycles. The zero-order valence-corrected chi connectivity index (χ0v) is 5.23. The van der Waals surface area contributed by atoms with E-state index in [1.807, 2.05) is 0 Å². The lowest BCUT2D eigenvalue weighted by atomic mass is 10.4. The van der Waals surface area contributed by atoms with E-state index in [0.717, 1.165) is 0 Å². The summed E-state index contributed by atoms with van der Waals surface area (Å²) in [5, 5.41) is 8.40. The summed E-state index contributed by atoms with van der Waals surface area (Å²) >= 11 is 0. The monoisotopic (exact) mass is 148 g/mol. The predicted molar refractivity (Wildman–Crippen MR) is 30.0 cm³/mol. The molecule has 0 amide bonds. The van der Waals surface area contributed by atoms with Crippen LogP contribution in [0.2, 0.25) is 0 Å². The largest absolute Gasteiger partial charge is 0.464 e. The number of carbonyl (C=O) groups excluding carboxylic acids is 2. The Morgan fingerprint density at radius 3 is 2.50 bits per heavy atom. The van der Waals surface area contributed by atoms with Crippen LogP contribution in [-0.2, 0) is 19.1 Å². The molecule has 0 unspecified atom stereocenters. The van der Waals surface area contributed by atoms with Crippen LogP contribution in [0.25, 0.3) is 0 Å². The van der Waals surface area contributed by atoms with Crippen molar-refractivity contribution in [3.8, 4) is 0 Å². The molecule has 0 aromatic carbocycles. The molecule has 5 nitrogen and oxygen atoms in total. The SMILES string of the molecule is O=COC[C@H](CO)OC=O. The van der Waals surface area contributed by atoms with Crippen LogP contribution in [0.5, 0.6) is 0 Å². The second-order valence-corrected chi connectivity index (χ2v) is 1.47. The second-order valence-electron chi connectivity index (χ2n) is 1.47. The molecule has 0 aromatic rings. The van der Waals surface area contributed by atoms with Gasteiger partial charge in [0.2, 0.25) is 0 Å². The molecule has 58 valence electrons. The Morgan fingerprint density at radius 1 is 1.40 bits per heavy atom. The van der Waals surface area contributed by atoms with E-state index < -0.39 is 6.10 Å². The van der Waals surface area contributed by atoms with E-state index in [-0.39, 0.29) is 26.2 Å². The molecule has 5 heteroatoms. The van der Waals surface area contributed by atoms with Crippen LogP contribution in [-0.4, -0.2) is 37.4 Å². The van der Waals surface area contributed by atoms with E-state index in [9.17, 15) is 9.59 Å². The minimum absolute atomic E-state index is 0.112. The molecule has 0 heterocycles. The van der Waals surface area contributed by atoms with Crippen molar-refractivity contribution in [1.82, 2.24) is 0 Å². The van der Waals surface area contributed by atoms with Crippen molar-refractivity contribution in [3.05, 3.63) is 0 Å². The number of aliphatic hydroxyl groups is 1. The van der Waals surface area contributed by atoms with E-state index in [4.69, 9.17) is 5.11 Å². The Kier molecular flexibility index (Phi) is 5.36. The summed E-state index contributed by atoms with van der Waals surface area (Å²) in [5.74, 6) is 0. The van der Waals surface area contributed by atoms with Crippen molar-refractivity contribution in [2.45, 2.75) is 6.10 Å². The summed E-state index contributed by atoms with van der Waals surface area (Å²) < 4.78 is 8.49. The topological polar surface area (TPSA) is 72.8 Å². The zero-order chi connectivity index (χ0) is 7.82. The highest BCUT2D eigenvalue weighted by molar-refractivity contribution is 5.38. The number of rotatable bonds is 6. The van der Waals surface area contributed by atoms with Gasteiger partial charge in [-0.1, -0.05) is 0 Å². The second kappa shape index (κ2) is 6.03. The van der Waals surface area contributed by atoms with Crippen molar-refractivity contribution >= 4 is 12.9 Å². The van der Waals surface area contributed by atoms with Gasteiger partial charge in [0.05, 0.1) is 6.61 Å². The molecular weight excluding hydrogens is 140 g/mol. The molecule has 1 atom stereocenters. The molecule has 0 rings (SSSR count). The lowest BCUT2D eigenvalue weighted by molar-refractivity contribution is -0.144. The summed E-state index contributed by atoms with van der Waals surface area (Å²) in [7, 11) is 0. The van der Waals surface area contributed by atoms with E-state index in [0.29, 0.717) is 0 Å². The Balaban J connectivity index is 3.38. The highest BCUT2D eigenvalue weighted by Crippen LogP contribution is 1.87. The van der Waals surface area contributed by atoms with Gasteiger partial charge in [-0.05, 0) is 0 Å². The molecule has 0 aliphatic carbocycles. The van der Waals surface area contributed by atoms with Gasteiger partial charge in [0, 0.05) is 0 Å². The van der Waals surface area contributed by atoms with Crippen LogP contribution in [0.1, 0.15) is 0 Å². The molecule has 10 heavy (non-hydrogen) atoms. The van der Waals surface area contributed by atoms with Gasteiger partial charge in [-0.3, -0.25) is 9.59 Å². The maximum atomic E-state index is 9.66. The minimum atomic E-state index is -0.748. The number of hydrogen-bond donors (Lipinski definition) is 1.